The minimum absolute atomic E-state index is 0.251. The van der Waals surface area contributed by atoms with Crippen LogP contribution in [0.5, 0.6) is 5.75 Å². The maximum absolute atomic E-state index is 12.3. The van der Waals surface area contributed by atoms with E-state index in [1.165, 1.54) is 0 Å². The Morgan fingerprint density at radius 3 is 2.03 bits per heavy atom. The number of nitrogens with one attached hydrogen (secondary N) is 1. The van der Waals surface area contributed by atoms with Crippen molar-refractivity contribution in [3.63, 3.8) is 0 Å². The van der Waals surface area contributed by atoms with Gasteiger partial charge in [0.2, 0.25) is 0 Å². The summed E-state index contributed by atoms with van der Waals surface area (Å²) in [6.07, 6.45) is 1.61. The van der Waals surface area contributed by atoms with Crippen LogP contribution in [-0.4, -0.2) is 12.1 Å². The van der Waals surface area contributed by atoms with Crippen molar-refractivity contribution in [2.45, 2.75) is 6.61 Å². The molecule has 0 fully saturated rings. The highest BCUT2D eigenvalue weighted by molar-refractivity contribution is 5.95. The summed E-state index contributed by atoms with van der Waals surface area (Å²) in [6.45, 7) is 0.521. The van der Waals surface area contributed by atoms with Gasteiger partial charge in [0.25, 0.3) is 5.91 Å². The van der Waals surface area contributed by atoms with Gasteiger partial charge in [0.15, 0.2) is 0 Å². The number of nitrogens with zero attached hydrogens (tertiary/aromatic N) is 1. The van der Waals surface area contributed by atoms with Crippen LogP contribution in [0.3, 0.4) is 0 Å². The molecule has 0 heterocycles. The van der Waals surface area contributed by atoms with E-state index in [-0.39, 0.29) is 5.91 Å². The smallest absolute Gasteiger partial charge is 0.271 e. The van der Waals surface area contributed by atoms with Crippen LogP contribution in [0.1, 0.15) is 21.5 Å². The van der Waals surface area contributed by atoms with Gasteiger partial charge in [0.1, 0.15) is 12.4 Å². The summed E-state index contributed by atoms with van der Waals surface area (Å²) in [5, 5.41) is 4.06. The van der Waals surface area contributed by atoms with Crippen LogP contribution in [0.15, 0.2) is 114 Å². The second-order valence-electron chi connectivity index (χ2n) is 6.99. The number of carbonyl (C=O) groups is 1. The predicted molar refractivity (Wildman–Crippen MR) is 124 cm³/mol. The molecule has 0 radical (unpaired) electrons. The van der Waals surface area contributed by atoms with Gasteiger partial charge in [0, 0.05) is 5.56 Å². The molecule has 0 atom stereocenters. The lowest BCUT2D eigenvalue weighted by atomic mass is 10.0. The maximum Gasteiger partial charge on any atom is 0.271 e. The highest BCUT2D eigenvalue weighted by Gasteiger charge is 2.05. The molecule has 0 saturated heterocycles. The summed E-state index contributed by atoms with van der Waals surface area (Å²) in [5.41, 5.74) is 7.29. The standard InChI is InChI=1S/C27H22N2O2/c30-27(25-15-13-24(14-16-25)23-9-5-2-6-10-23)29-28-19-21-11-17-26(18-12-21)31-20-22-7-3-1-4-8-22/h1-19H,20H2,(H,29,30)/b28-19-. The Kier molecular flexibility index (Phi) is 6.51. The van der Waals surface area contributed by atoms with Gasteiger partial charge in [-0.3, -0.25) is 4.79 Å². The predicted octanol–water partition coefficient (Wildman–Crippen LogP) is 5.70. The highest BCUT2D eigenvalue weighted by Crippen LogP contribution is 2.19. The number of hydrazone groups is 1. The lowest BCUT2D eigenvalue weighted by Gasteiger charge is -2.06. The van der Waals surface area contributed by atoms with Gasteiger partial charge in [0.05, 0.1) is 6.21 Å². The Morgan fingerprint density at radius 1 is 0.742 bits per heavy atom. The fourth-order valence-corrected chi connectivity index (χ4v) is 3.07. The molecule has 4 aromatic rings. The first kappa shape index (κ1) is 20.1. The summed E-state index contributed by atoms with van der Waals surface area (Å²) in [7, 11) is 0. The van der Waals surface area contributed by atoms with E-state index in [0.29, 0.717) is 12.2 Å². The van der Waals surface area contributed by atoms with Crippen LogP contribution in [0.25, 0.3) is 11.1 Å². The Balaban J connectivity index is 1.29. The lowest BCUT2D eigenvalue weighted by molar-refractivity contribution is 0.0955. The minimum atomic E-state index is -0.251. The molecular weight excluding hydrogens is 384 g/mol. The van der Waals surface area contributed by atoms with Crippen molar-refractivity contribution >= 4 is 12.1 Å². The molecule has 0 aromatic heterocycles. The first-order valence-corrected chi connectivity index (χ1v) is 10.0. The zero-order chi connectivity index (χ0) is 21.3. The van der Waals surface area contributed by atoms with Crippen molar-refractivity contribution in [3.05, 3.63) is 126 Å². The third kappa shape index (κ3) is 5.67. The van der Waals surface area contributed by atoms with Crippen molar-refractivity contribution in [2.24, 2.45) is 5.10 Å². The van der Waals surface area contributed by atoms with Crippen molar-refractivity contribution in [1.82, 2.24) is 5.43 Å². The number of amides is 1. The number of ether oxygens (including phenoxy) is 1. The van der Waals surface area contributed by atoms with E-state index in [9.17, 15) is 4.79 Å². The third-order valence-corrected chi connectivity index (χ3v) is 4.76. The van der Waals surface area contributed by atoms with E-state index in [2.05, 4.69) is 10.5 Å². The van der Waals surface area contributed by atoms with Crippen LogP contribution in [0.2, 0.25) is 0 Å². The van der Waals surface area contributed by atoms with E-state index >= 15 is 0 Å². The summed E-state index contributed by atoms with van der Waals surface area (Å²) < 4.78 is 5.77. The fraction of sp³-hybridized carbons (Fsp3) is 0.0370. The van der Waals surface area contributed by atoms with E-state index in [1.807, 2.05) is 97.1 Å². The quantitative estimate of drug-likeness (QED) is 0.316. The summed E-state index contributed by atoms with van der Waals surface area (Å²) in [4.78, 5) is 12.3. The van der Waals surface area contributed by atoms with Crippen LogP contribution >= 0.6 is 0 Å². The number of hydrogen-bond acceptors (Lipinski definition) is 3. The second kappa shape index (κ2) is 10.0. The Labute approximate surface area is 181 Å². The van der Waals surface area contributed by atoms with Crippen LogP contribution in [-0.2, 0) is 6.61 Å². The molecule has 0 unspecified atom stereocenters. The van der Waals surface area contributed by atoms with E-state index < -0.39 is 0 Å². The number of benzene rings is 4. The molecule has 31 heavy (non-hydrogen) atoms. The van der Waals surface area contributed by atoms with Gasteiger partial charge in [-0.25, -0.2) is 5.43 Å². The van der Waals surface area contributed by atoms with Gasteiger partial charge < -0.3 is 4.74 Å². The van der Waals surface area contributed by atoms with Crippen molar-refractivity contribution in [1.29, 1.82) is 0 Å². The first-order valence-electron chi connectivity index (χ1n) is 10.0. The first-order chi connectivity index (χ1) is 15.3. The molecule has 4 heteroatoms. The molecule has 4 aromatic carbocycles. The molecule has 0 bridgehead atoms. The molecule has 0 aliphatic heterocycles. The molecular formula is C27H22N2O2. The SMILES string of the molecule is O=C(N/N=C\c1ccc(OCc2ccccc2)cc1)c1ccc(-c2ccccc2)cc1. The largest absolute Gasteiger partial charge is 0.489 e. The molecule has 1 N–H and O–H groups in total. The van der Waals surface area contributed by atoms with Crippen molar-refractivity contribution in [3.8, 4) is 16.9 Å². The van der Waals surface area contributed by atoms with E-state index in [0.717, 1.165) is 28.0 Å². The molecule has 152 valence electrons. The Morgan fingerprint density at radius 2 is 1.35 bits per heavy atom. The van der Waals surface area contributed by atoms with Gasteiger partial charge in [-0.2, -0.15) is 5.10 Å². The monoisotopic (exact) mass is 406 g/mol. The Hall–Kier alpha value is -4.18. The summed E-state index contributed by atoms with van der Waals surface area (Å²) in [6, 6.07) is 35.1. The third-order valence-electron chi connectivity index (χ3n) is 4.76. The molecule has 4 nitrogen and oxygen atoms in total. The topological polar surface area (TPSA) is 50.7 Å². The molecule has 0 aliphatic carbocycles. The van der Waals surface area contributed by atoms with Gasteiger partial charge in [-0.15, -0.1) is 0 Å². The van der Waals surface area contributed by atoms with Crippen molar-refractivity contribution in [2.75, 3.05) is 0 Å². The van der Waals surface area contributed by atoms with Gasteiger partial charge in [-0.05, 0) is 58.7 Å². The van der Waals surface area contributed by atoms with E-state index in [1.54, 1.807) is 18.3 Å². The van der Waals surface area contributed by atoms with Crippen molar-refractivity contribution < 1.29 is 9.53 Å². The van der Waals surface area contributed by atoms with Gasteiger partial charge >= 0.3 is 0 Å². The fourth-order valence-electron chi connectivity index (χ4n) is 3.07. The number of hydrogen-bond donors (Lipinski definition) is 1. The van der Waals surface area contributed by atoms with Gasteiger partial charge in [-0.1, -0.05) is 72.8 Å². The molecule has 0 aliphatic rings. The minimum Gasteiger partial charge on any atom is -0.489 e. The van der Waals surface area contributed by atoms with Crippen LogP contribution < -0.4 is 10.2 Å². The zero-order valence-electron chi connectivity index (χ0n) is 16.9. The van der Waals surface area contributed by atoms with Crippen LogP contribution in [0.4, 0.5) is 0 Å². The number of rotatable bonds is 7. The maximum atomic E-state index is 12.3. The lowest BCUT2D eigenvalue weighted by Crippen LogP contribution is -2.17. The second-order valence-corrected chi connectivity index (χ2v) is 6.99. The van der Waals surface area contributed by atoms with Crippen LogP contribution in [0, 0.1) is 0 Å². The normalized spacial score (nSPS) is 10.7. The molecule has 4 rings (SSSR count). The molecule has 0 saturated carbocycles. The Bertz CT molecular complexity index is 1140. The summed E-state index contributed by atoms with van der Waals surface area (Å²) >= 11 is 0. The average molecular weight is 406 g/mol. The number of carbonyl (C=O) groups excluding carboxylic acids is 1. The molecule has 0 spiro atoms. The molecule has 1 amide bonds. The average Bonchev–Trinajstić information content (AvgIpc) is 2.85. The van der Waals surface area contributed by atoms with E-state index in [4.69, 9.17) is 4.74 Å². The highest BCUT2D eigenvalue weighted by atomic mass is 16.5. The zero-order valence-corrected chi connectivity index (χ0v) is 16.9. The summed E-state index contributed by atoms with van der Waals surface area (Å²) in [5.74, 6) is 0.530.